The van der Waals surface area contributed by atoms with Crippen LogP contribution in [0.3, 0.4) is 0 Å². The average Bonchev–Trinajstić information content (AvgIpc) is 3.04. The molecule has 1 aliphatic carbocycles. The molecule has 1 aliphatic heterocycles. The highest BCUT2D eigenvalue weighted by atomic mass is 19.4. The van der Waals surface area contributed by atoms with Crippen LogP contribution in [0, 0.1) is 0 Å². The van der Waals surface area contributed by atoms with Gasteiger partial charge in [0.05, 0.1) is 12.1 Å². The second-order valence-corrected chi connectivity index (χ2v) is 8.63. The van der Waals surface area contributed by atoms with E-state index in [4.69, 9.17) is 0 Å². The molecule has 0 aromatic heterocycles. The van der Waals surface area contributed by atoms with Crippen molar-refractivity contribution in [1.82, 2.24) is 10.2 Å². The molecular formula is C23H26F3N3O2. The number of nitrogens with one attached hydrogen (secondary N) is 1. The molecule has 5 nitrogen and oxygen atoms in total. The largest absolute Gasteiger partial charge is 0.573 e. The summed E-state index contributed by atoms with van der Waals surface area (Å²) in [7, 11) is 4.18. The fraction of sp³-hybridized carbons (Fsp3) is 0.435. The molecule has 2 aliphatic rings. The summed E-state index contributed by atoms with van der Waals surface area (Å²) in [6.07, 6.45) is -1.31. The highest BCUT2D eigenvalue weighted by molar-refractivity contribution is 5.95. The van der Waals surface area contributed by atoms with Crippen LogP contribution in [0.1, 0.15) is 31.2 Å². The van der Waals surface area contributed by atoms with Gasteiger partial charge in [-0.05, 0) is 69.6 Å². The minimum Gasteiger partial charge on any atom is -0.406 e. The second kappa shape index (κ2) is 7.75. The maximum atomic E-state index is 12.7. The van der Waals surface area contributed by atoms with Gasteiger partial charge in [0.2, 0.25) is 0 Å². The fourth-order valence-corrected chi connectivity index (χ4v) is 4.91. The molecule has 2 fully saturated rings. The zero-order chi connectivity index (χ0) is 22.3. The Kier molecular flexibility index (Phi) is 5.37. The first-order chi connectivity index (χ1) is 14.6. The van der Waals surface area contributed by atoms with Gasteiger partial charge in [-0.1, -0.05) is 30.3 Å². The Bertz CT molecular complexity index is 921. The maximum absolute atomic E-state index is 12.7. The SMILES string of the molecule is CN(C)C1(c2ccccc2)CCC2(CC1)CN(c1ccc(OC(F)(F)F)cc1)C(=O)N2. The van der Waals surface area contributed by atoms with E-state index in [1.54, 1.807) is 4.90 Å². The molecule has 1 spiro atoms. The van der Waals surface area contributed by atoms with Crippen molar-refractivity contribution < 1.29 is 22.7 Å². The number of carbonyl (C=O) groups excluding carboxylic acids is 1. The number of benzene rings is 2. The van der Waals surface area contributed by atoms with Crippen molar-refractivity contribution in [2.24, 2.45) is 0 Å². The van der Waals surface area contributed by atoms with E-state index in [0.29, 0.717) is 12.2 Å². The second-order valence-electron chi connectivity index (χ2n) is 8.63. The lowest BCUT2D eigenvalue weighted by Gasteiger charge is -2.48. The van der Waals surface area contributed by atoms with Gasteiger partial charge < -0.3 is 10.1 Å². The standard InChI is InChI=1S/C23H26F3N3O2/c1-28(2)22(17-6-4-3-5-7-17)14-12-21(13-15-22)16-29(20(30)27-21)18-8-10-19(11-9-18)31-23(24,25)26/h3-11H,12-16H2,1-2H3,(H,27,30). The predicted octanol–water partition coefficient (Wildman–Crippen LogP) is 4.88. The molecule has 2 aromatic carbocycles. The third-order valence-electron chi connectivity index (χ3n) is 6.66. The van der Waals surface area contributed by atoms with E-state index in [2.05, 4.69) is 53.3 Å². The smallest absolute Gasteiger partial charge is 0.406 e. The molecule has 0 atom stereocenters. The first-order valence-electron chi connectivity index (χ1n) is 10.3. The zero-order valence-corrected chi connectivity index (χ0v) is 17.6. The summed E-state index contributed by atoms with van der Waals surface area (Å²) in [5.74, 6) is -0.304. The highest BCUT2D eigenvalue weighted by Gasteiger charge is 2.50. The predicted molar refractivity (Wildman–Crippen MR) is 112 cm³/mol. The Morgan fingerprint density at radius 2 is 1.58 bits per heavy atom. The molecule has 0 unspecified atom stereocenters. The highest BCUT2D eigenvalue weighted by Crippen LogP contribution is 2.46. The zero-order valence-electron chi connectivity index (χ0n) is 17.6. The van der Waals surface area contributed by atoms with Crippen molar-refractivity contribution in [3.8, 4) is 5.75 Å². The Labute approximate surface area is 179 Å². The normalized spacial score (nSPS) is 26.4. The third-order valence-corrected chi connectivity index (χ3v) is 6.66. The number of hydrogen-bond donors (Lipinski definition) is 1. The molecule has 1 heterocycles. The minimum atomic E-state index is -4.74. The van der Waals surface area contributed by atoms with Crippen LogP contribution in [0.4, 0.5) is 23.7 Å². The fourth-order valence-electron chi connectivity index (χ4n) is 4.91. The number of urea groups is 1. The van der Waals surface area contributed by atoms with E-state index in [1.807, 2.05) is 6.07 Å². The lowest BCUT2D eigenvalue weighted by Crippen LogP contribution is -2.54. The van der Waals surface area contributed by atoms with Gasteiger partial charge in [0.25, 0.3) is 0 Å². The van der Waals surface area contributed by atoms with E-state index in [0.717, 1.165) is 25.7 Å². The van der Waals surface area contributed by atoms with Crippen LogP contribution < -0.4 is 15.0 Å². The van der Waals surface area contributed by atoms with Crippen molar-refractivity contribution in [2.75, 3.05) is 25.5 Å². The summed E-state index contributed by atoms with van der Waals surface area (Å²) >= 11 is 0. The van der Waals surface area contributed by atoms with E-state index in [-0.39, 0.29) is 22.9 Å². The Hall–Kier alpha value is -2.74. The summed E-state index contributed by atoms with van der Waals surface area (Å²) in [6, 6.07) is 15.6. The van der Waals surface area contributed by atoms with E-state index >= 15 is 0 Å². The molecular weight excluding hydrogens is 407 g/mol. The number of carbonyl (C=O) groups is 1. The molecule has 8 heteroatoms. The Morgan fingerprint density at radius 3 is 2.13 bits per heavy atom. The van der Waals surface area contributed by atoms with Gasteiger partial charge in [-0.3, -0.25) is 9.80 Å². The quantitative estimate of drug-likeness (QED) is 0.747. The van der Waals surface area contributed by atoms with Crippen molar-refractivity contribution in [1.29, 1.82) is 0 Å². The first-order valence-corrected chi connectivity index (χ1v) is 10.3. The molecule has 1 N–H and O–H groups in total. The van der Waals surface area contributed by atoms with Crippen LogP contribution in [0.2, 0.25) is 0 Å². The van der Waals surface area contributed by atoms with Gasteiger partial charge in [0.1, 0.15) is 5.75 Å². The summed E-state index contributed by atoms with van der Waals surface area (Å²) in [6.45, 7) is 0.490. The molecule has 2 aromatic rings. The number of anilines is 1. The molecule has 31 heavy (non-hydrogen) atoms. The molecule has 0 radical (unpaired) electrons. The monoisotopic (exact) mass is 433 g/mol. The number of rotatable bonds is 4. The summed E-state index contributed by atoms with van der Waals surface area (Å²) in [5.41, 5.74) is 1.40. The van der Waals surface area contributed by atoms with Gasteiger partial charge in [-0.2, -0.15) is 0 Å². The maximum Gasteiger partial charge on any atom is 0.573 e. The van der Waals surface area contributed by atoms with Crippen molar-refractivity contribution in [3.05, 3.63) is 60.2 Å². The third kappa shape index (κ3) is 4.21. The average molecular weight is 433 g/mol. The minimum absolute atomic E-state index is 0.0821. The van der Waals surface area contributed by atoms with Crippen molar-refractivity contribution in [3.63, 3.8) is 0 Å². The number of hydrogen-bond acceptors (Lipinski definition) is 3. The van der Waals surface area contributed by atoms with Crippen LogP contribution in [0.5, 0.6) is 5.75 Å². The van der Waals surface area contributed by atoms with Crippen molar-refractivity contribution >= 4 is 11.7 Å². The van der Waals surface area contributed by atoms with E-state index in [9.17, 15) is 18.0 Å². The lowest BCUT2D eigenvalue weighted by atomic mass is 9.69. The summed E-state index contributed by atoms with van der Waals surface area (Å²) < 4.78 is 41.1. The number of nitrogens with zero attached hydrogens (tertiary/aromatic N) is 2. The van der Waals surface area contributed by atoms with Crippen LogP contribution >= 0.6 is 0 Å². The Balaban J connectivity index is 1.48. The first kappa shape index (κ1) is 21.5. The van der Waals surface area contributed by atoms with Gasteiger partial charge in [0, 0.05) is 11.2 Å². The lowest BCUT2D eigenvalue weighted by molar-refractivity contribution is -0.274. The number of alkyl halides is 3. The van der Waals surface area contributed by atoms with Crippen LogP contribution in [-0.2, 0) is 5.54 Å². The van der Waals surface area contributed by atoms with Gasteiger partial charge in [-0.15, -0.1) is 13.2 Å². The topological polar surface area (TPSA) is 44.8 Å². The molecule has 166 valence electrons. The van der Waals surface area contributed by atoms with Crippen LogP contribution in [-0.4, -0.2) is 43.5 Å². The van der Waals surface area contributed by atoms with E-state index in [1.165, 1.54) is 29.8 Å². The van der Waals surface area contributed by atoms with E-state index < -0.39 is 6.36 Å². The van der Waals surface area contributed by atoms with Crippen LogP contribution in [0.15, 0.2) is 54.6 Å². The molecule has 2 amide bonds. The molecule has 0 bridgehead atoms. The number of halogens is 3. The summed E-state index contributed by atoms with van der Waals surface area (Å²) in [4.78, 5) is 16.6. The van der Waals surface area contributed by atoms with Gasteiger partial charge in [-0.25, -0.2) is 4.79 Å². The van der Waals surface area contributed by atoms with Gasteiger partial charge >= 0.3 is 12.4 Å². The molecule has 1 saturated heterocycles. The number of ether oxygens (including phenoxy) is 1. The molecule has 1 saturated carbocycles. The Morgan fingerprint density at radius 1 is 0.968 bits per heavy atom. The molecule has 4 rings (SSSR count). The van der Waals surface area contributed by atoms with Crippen LogP contribution in [0.25, 0.3) is 0 Å². The summed E-state index contributed by atoms with van der Waals surface area (Å²) in [5, 5.41) is 3.16. The van der Waals surface area contributed by atoms with Gasteiger partial charge in [0.15, 0.2) is 0 Å². The number of amides is 2. The van der Waals surface area contributed by atoms with Crippen molar-refractivity contribution in [2.45, 2.75) is 43.1 Å².